The Bertz CT molecular complexity index is 744. The van der Waals surface area contributed by atoms with Gasteiger partial charge in [0.2, 0.25) is 5.91 Å². The monoisotopic (exact) mass is 388 g/mol. The predicted molar refractivity (Wildman–Crippen MR) is 100 cm³/mol. The van der Waals surface area contributed by atoms with Crippen LogP contribution >= 0.6 is 15.9 Å². The molecule has 0 aliphatic heterocycles. The molecule has 0 saturated heterocycles. The van der Waals surface area contributed by atoms with Gasteiger partial charge >= 0.3 is 0 Å². The Labute approximate surface area is 150 Å². The molecule has 4 nitrogen and oxygen atoms in total. The Balaban J connectivity index is 2.13. The first-order valence-corrected chi connectivity index (χ1v) is 8.60. The van der Waals surface area contributed by atoms with Gasteiger partial charge in [0, 0.05) is 15.7 Å². The second-order valence-electron chi connectivity index (χ2n) is 6.01. The number of benzene rings is 2. The standard InChI is InChI=1S/C19H21BrN2O2/c1-12(2)17(19(24)21-15-9-6-8-14(20)11-15)22-18(23)16-10-5-4-7-13(16)3/h4-12,17H,1-3H3,(H,21,24)(H,22,23)/t17-/m1/s1. The Morgan fingerprint density at radius 2 is 1.75 bits per heavy atom. The average Bonchev–Trinajstić information content (AvgIpc) is 2.52. The zero-order chi connectivity index (χ0) is 17.7. The molecule has 5 heteroatoms. The third-order valence-electron chi connectivity index (χ3n) is 3.72. The van der Waals surface area contributed by atoms with E-state index in [0.717, 1.165) is 10.0 Å². The highest BCUT2D eigenvalue weighted by Crippen LogP contribution is 2.17. The van der Waals surface area contributed by atoms with E-state index in [9.17, 15) is 9.59 Å². The SMILES string of the molecule is Cc1ccccc1C(=O)N[C@@H](C(=O)Nc1cccc(Br)c1)C(C)C. The minimum absolute atomic E-state index is 0.0369. The van der Waals surface area contributed by atoms with Gasteiger partial charge in [0.15, 0.2) is 0 Å². The number of anilines is 1. The van der Waals surface area contributed by atoms with Gasteiger partial charge in [-0.15, -0.1) is 0 Å². The lowest BCUT2D eigenvalue weighted by molar-refractivity contribution is -0.118. The van der Waals surface area contributed by atoms with Crippen LogP contribution in [0.5, 0.6) is 0 Å². The van der Waals surface area contributed by atoms with Crippen molar-refractivity contribution in [2.45, 2.75) is 26.8 Å². The van der Waals surface area contributed by atoms with Gasteiger partial charge in [-0.1, -0.05) is 54.0 Å². The molecule has 0 bridgehead atoms. The van der Waals surface area contributed by atoms with Gasteiger partial charge in [0.1, 0.15) is 6.04 Å². The summed E-state index contributed by atoms with van der Waals surface area (Å²) in [6.45, 7) is 5.69. The maximum absolute atomic E-state index is 12.6. The van der Waals surface area contributed by atoms with Gasteiger partial charge in [-0.25, -0.2) is 0 Å². The summed E-state index contributed by atoms with van der Waals surface area (Å²) in [5.74, 6) is -0.508. The fourth-order valence-corrected chi connectivity index (χ4v) is 2.77. The number of halogens is 1. The molecule has 126 valence electrons. The number of carbonyl (C=O) groups excluding carboxylic acids is 2. The number of nitrogens with one attached hydrogen (secondary N) is 2. The van der Waals surface area contributed by atoms with E-state index >= 15 is 0 Å². The lowest BCUT2D eigenvalue weighted by atomic mass is 10.0. The third-order valence-corrected chi connectivity index (χ3v) is 4.21. The number of aryl methyl sites for hydroxylation is 1. The number of hydrogen-bond donors (Lipinski definition) is 2. The number of amides is 2. The highest BCUT2D eigenvalue weighted by Gasteiger charge is 2.25. The van der Waals surface area contributed by atoms with Crippen LogP contribution in [0.15, 0.2) is 53.0 Å². The highest BCUT2D eigenvalue weighted by molar-refractivity contribution is 9.10. The van der Waals surface area contributed by atoms with Gasteiger partial charge in [0.25, 0.3) is 5.91 Å². The molecule has 0 fully saturated rings. The van der Waals surface area contributed by atoms with Crippen molar-refractivity contribution in [1.82, 2.24) is 5.32 Å². The first kappa shape index (κ1) is 18.2. The maximum atomic E-state index is 12.6. The Morgan fingerprint density at radius 1 is 1.04 bits per heavy atom. The molecule has 0 unspecified atom stereocenters. The molecule has 0 aromatic heterocycles. The van der Waals surface area contributed by atoms with Crippen LogP contribution in [0, 0.1) is 12.8 Å². The topological polar surface area (TPSA) is 58.2 Å². The summed E-state index contributed by atoms with van der Waals surface area (Å²) >= 11 is 3.38. The molecule has 0 radical (unpaired) electrons. The molecule has 2 rings (SSSR count). The van der Waals surface area contributed by atoms with Gasteiger partial charge in [-0.05, 0) is 42.7 Å². The van der Waals surface area contributed by atoms with E-state index in [0.29, 0.717) is 11.3 Å². The van der Waals surface area contributed by atoms with Crippen LogP contribution in [0.25, 0.3) is 0 Å². The lowest BCUT2D eigenvalue weighted by Crippen LogP contribution is -2.47. The van der Waals surface area contributed by atoms with Crippen LogP contribution in [0.3, 0.4) is 0 Å². The van der Waals surface area contributed by atoms with E-state index in [1.54, 1.807) is 6.07 Å². The fourth-order valence-electron chi connectivity index (χ4n) is 2.37. The van der Waals surface area contributed by atoms with Crippen molar-refractivity contribution in [3.05, 3.63) is 64.1 Å². The van der Waals surface area contributed by atoms with Crippen molar-refractivity contribution in [2.24, 2.45) is 5.92 Å². The maximum Gasteiger partial charge on any atom is 0.252 e. The summed E-state index contributed by atoms with van der Waals surface area (Å²) in [6, 6.07) is 14.1. The quantitative estimate of drug-likeness (QED) is 0.807. The first-order valence-electron chi connectivity index (χ1n) is 7.81. The number of carbonyl (C=O) groups is 2. The minimum Gasteiger partial charge on any atom is -0.340 e. The fraction of sp³-hybridized carbons (Fsp3) is 0.263. The van der Waals surface area contributed by atoms with Gasteiger partial charge in [-0.2, -0.15) is 0 Å². The molecular weight excluding hydrogens is 368 g/mol. The van der Waals surface area contributed by atoms with Crippen molar-refractivity contribution in [3.63, 3.8) is 0 Å². The minimum atomic E-state index is -0.615. The zero-order valence-electron chi connectivity index (χ0n) is 14.0. The molecule has 2 amide bonds. The van der Waals surface area contributed by atoms with Crippen LogP contribution in [0.2, 0.25) is 0 Å². The van der Waals surface area contributed by atoms with Crippen LogP contribution < -0.4 is 10.6 Å². The van der Waals surface area contributed by atoms with E-state index in [4.69, 9.17) is 0 Å². The van der Waals surface area contributed by atoms with Crippen molar-refractivity contribution in [3.8, 4) is 0 Å². The van der Waals surface area contributed by atoms with E-state index in [1.165, 1.54) is 0 Å². The Kier molecular flexibility index (Phi) is 6.15. The molecule has 24 heavy (non-hydrogen) atoms. The highest BCUT2D eigenvalue weighted by atomic mass is 79.9. The molecule has 2 N–H and O–H groups in total. The Hall–Kier alpha value is -2.14. The molecule has 0 aliphatic carbocycles. The van der Waals surface area contributed by atoms with Crippen molar-refractivity contribution in [1.29, 1.82) is 0 Å². The molecule has 2 aromatic rings. The summed E-state index contributed by atoms with van der Waals surface area (Å²) < 4.78 is 0.880. The van der Waals surface area contributed by atoms with Crippen LogP contribution in [-0.2, 0) is 4.79 Å². The molecule has 0 heterocycles. The van der Waals surface area contributed by atoms with Crippen LogP contribution in [0.1, 0.15) is 29.8 Å². The van der Waals surface area contributed by atoms with E-state index in [1.807, 2.05) is 63.2 Å². The first-order chi connectivity index (χ1) is 11.4. The van der Waals surface area contributed by atoms with Crippen molar-refractivity contribution >= 4 is 33.4 Å². The summed E-state index contributed by atoms with van der Waals surface area (Å²) in [5.41, 5.74) is 2.15. The van der Waals surface area contributed by atoms with Gasteiger partial charge in [0.05, 0.1) is 0 Å². The largest absolute Gasteiger partial charge is 0.340 e. The van der Waals surface area contributed by atoms with Gasteiger partial charge in [-0.3, -0.25) is 9.59 Å². The van der Waals surface area contributed by atoms with Gasteiger partial charge < -0.3 is 10.6 Å². The summed E-state index contributed by atoms with van der Waals surface area (Å²) in [6.07, 6.45) is 0. The molecule has 0 spiro atoms. The van der Waals surface area contributed by atoms with E-state index < -0.39 is 6.04 Å². The molecule has 0 saturated carbocycles. The average molecular weight is 389 g/mol. The predicted octanol–water partition coefficient (Wildman–Crippen LogP) is 4.15. The third kappa shape index (κ3) is 4.68. The number of rotatable bonds is 5. The summed E-state index contributed by atoms with van der Waals surface area (Å²) in [4.78, 5) is 25.1. The summed E-state index contributed by atoms with van der Waals surface area (Å²) in [7, 11) is 0. The molecular formula is C19H21BrN2O2. The molecule has 1 atom stereocenters. The zero-order valence-corrected chi connectivity index (χ0v) is 15.6. The van der Waals surface area contributed by atoms with E-state index in [2.05, 4.69) is 26.6 Å². The van der Waals surface area contributed by atoms with Crippen molar-refractivity contribution in [2.75, 3.05) is 5.32 Å². The normalized spacial score (nSPS) is 11.9. The molecule has 0 aliphatic rings. The lowest BCUT2D eigenvalue weighted by Gasteiger charge is -2.22. The second kappa shape index (κ2) is 8.11. The smallest absolute Gasteiger partial charge is 0.252 e. The summed E-state index contributed by atoms with van der Waals surface area (Å²) in [5, 5.41) is 5.70. The van der Waals surface area contributed by atoms with Crippen LogP contribution in [-0.4, -0.2) is 17.9 Å². The second-order valence-corrected chi connectivity index (χ2v) is 6.93. The van der Waals surface area contributed by atoms with E-state index in [-0.39, 0.29) is 17.7 Å². The van der Waals surface area contributed by atoms with Crippen LogP contribution in [0.4, 0.5) is 5.69 Å². The number of hydrogen-bond acceptors (Lipinski definition) is 2. The molecule has 2 aromatic carbocycles. The van der Waals surface area contributed by atoms with Crippen molar-refractivity contribution < 1.29 is 9.59 Å². The Morgan fingerprint density at radius 3 is 2.38 bits per heavy atom.